The number of oxazole rings is 1. The lowest BCUT2D eigenvalue weighted by atomic mass is 9.96. The van der Waals surface area contributed by atoms with Crippen LogP contribution >= 0.6 is 11.6 Å². The summed E-state index contributed by atoms with van der Waals surface area (Å²) in [5.41, 5.74) is 3.29. The van der Waals surface area contributed by atoms with Gasteiger partial charge in [0, 0.05) is 35.2 Å². The van der Waals surface area contributed by atoms with Crippen LogP contribution in [0.2, 0.25) is 5.02 Å². The zero-order valence-corrected chi connectivity index (χ0v) is 18.3. The first kappa shape index (κ1) is 20.6. The smallest absolute Gasteiger partial charge is 0.253 e. The van der Waals surface area contributed by atoms with Crippen LogP contribution in [0, 0.1) is 0 Å². The zero-order chi connectivity index (χ0) is 21.9. The molecule has 1 amide bonds. The number of halogens is 1. The van der Waals surface area contributed by atoms with Gasteiger partial charge >= 0.3 is 0 Å². The van der Waals surface area contributed by atoms with Crippen molar-refractivity contribution < 1.29 is 13.9 Å². The van der Waals surface area contributed by atoms with Gasteiger partial charge in [-0.05, 0) is 55.3 Å². The number of carbonyl (C=O) groups is 1. The number of nitrogens with zero attached hydrogens (tertiary/aromatic N) is 2. The number of hydrogen-bond acceptors (Lipinski definition) is 4. The molecule has 1 saturated heterocycles. The Kier molecular flexibility index (Phi) is 5.82. The summed E-state index contributed by atoms with van der Waals surface area (Å²) in [6.07, 6.45) is 1.69. The molecule has 0 saturated carbocycles. The molecule has 6 heteroatoms. The highest BCUT2D eigenvalue weighted by atomic mass is 35.5. The summed E-state index contributed by atoms with van der Waals surface area (Å²) in [6, 6.07) is 22.7. The van der Waals surface area contributed by atoms with Gasteiger partial charge in [0.2, 0.25) is 0 Å². The molecule has 1 aromatic heterocycles. The number of hydrogen-bond donors (Lipinski definition) is 0. The van der Waals surface area contributed by atoms with Crippen LogP contribution in [-0.2, 0) is 6.61 Å². The van der Waals surface area contributed by atoms with E-state index in [4.69, 9.17) is 20.8 Å². The van der Waals surface area contributed by atoms with Gasteiger partial charge in [0.25, 0.3) is 5.91 Å². The largest absolute Gasteiger partial charge is 0.489 e. The maximum absolute atomic E-state index is 12.9. The summed E-state index contributed by atoms with van der Waals surface area (Å²) in [6.45, 7) is 1.76. The molecule has 5 nitrogen and oxygen atoms in total. The van der Waals surface area contributed by atoms with E-state index in [0.29, 0.717) is 36.0 Å². The molecule has 1 aliphatic rings. The van der Waals surface area contributed by atoms with Gasteiger partial charge in [-0.25, -0.2) is 4.98 Å². The van der Waals surface area contributed by atoms with Gasteiger partial charge in [-0.1, -0.05) is 41.9 Å². The molecule has 2 heterocycles. The number of aromatic nitrogens is 1. The van der Waals surface area contributed by atoms with Crippen molar-refractivity contribution in [2.45, 2.75) is 25.4 Å². The fourth-order valence-electron chi connectivity index (χ4n) is 4.05. The lowest BCUT2D eigenvalue weighted by Crippen LogP contribution is -2.37. The van der Waals surface area contributed by atoms with Crippen LogP contribution in [0.3, 0.4) is 0 Å². The Bertz CT molecular complexity index is 1190. The lowest BCUT2D eigenvalue weighted by molar-refractivity contribution is 0.0706. The molecule has 0 bridgehead atoms. The average Bonchev–Trinajstić information content (AvgIpc) is 3.28. The van der Waals surface area contributed by atoms with Crippen LogP contribution < -0.4 is 4.74 Å². The van der Waals surface area contributed by atoms with E-state index in [2.05, 4.69) is 4.98 Å². The molecule has 1 aliphatic heterocycles. The Balaban J connectivity index is 1.17. The number of para-hydroxylation sites is 2. The van der Waals surface area contributed by atoms with Gasteiger partial charge in [-0.15, -0.1) is 0 Å². The Morgan fingerprint density at radius 1 is 1.00 bits per heavy atom. The van der Waals surface area contributed by atoms with E-state index in [9.17, 15) is 4.79 Å². The van der Waals surface area contributed by atoms with Crippen LogP contribution in [0.5, 0.6) is 5.75 Å². The molecule has 4 aromatic rings. The van der Waals surface area contributed by atoms with Gasteiger partial charge < -0.3 is 14.1 Å². The van der Waals surface area contributed by atoms with Crippen molar-refractivity contribution in [1.82, 2.24) is 9.88 Å². The maximum atomic E-state index is 12.9. The van der Waals surface area contributed by atoms with Crippen molar-refractivity contribution in [3.05, 3.63) is 94.8 Å². The lowest BCUT2D eigenvalue weighted by Gasteiger charge is -2.30. The van der Waals surface area contributed by atoms with Crippen LogP contribution in [-0.4, -0.2) is 28.9 Å². The third-order valence-corrected chi connectivity index (χ3v) is 6.26. The molecule has 0 spiro atoms. The van der Waals surface area contributed by atoms with Crippen molar-refractivity contribution in [3.8, 4) is 5.75 Å². The summed E-state index contributed by atoms with van der Waals surface area (Å²) >= 11 is 6.17. The van der Waals surface area contributed by atoms with E-state index in [1.165, 1.54) is 0 Å². The molecule has 0 radical (unpaired) electrons. The number of amides is 1. The molecule has 0 unspecified atom stereocenters. The Morgan fingerprint density at radius 2 is 1.72 bits per heavy atom. The topological polar surface area (TPSA) is 55.6 Å². The van der Waals surface area contributed by atoms with Gasteiger partial charge in [-0.3, -0.25) is 4.79 Å². The van der Waals surface area contributed by atoms with Gasteiger partial charge in [0.1, 0.15) is 17.9 Å². The molecule has 5 rings (SSSR count). The number of likely N-dealkylation sites (tertiary alicyclic amines) is 1. The van der Waals surface area contributed by atoms with Crippen LogP contribution in [0.1, 0.15) is 40.6 Å². The third kappa shape index (κ3) is 4.34. The van der Waals surface area contributed by atoms with Gasteiger partial charge in [-0.2, -0.15) is 0 Å². The minimum atomic E-state index is 0.0404. The van der Waals surface area contributed by atoms with Crippen molar-refractivity contribution >= 4 is 28.6 Å². The van der Waals surface area contributed by atoms with Crippen molar-refractivity contribution in [3.63, 3.8) is 0 Å². The standard InChI is InChI=1S/C26H23ClN2O3/c27-22-6-2-1-5-20(22)17-31-21-11-9-19(10-12-21)26(30)29-15-13-18(14-16-29)25-28-23-7-3-4-8-24(23)32-25/h1-12,18H,13-17H2. The molecular weight excluding hydrogens is 424 g/mol. The maximum Gasteiger partial charge on any atom is 0.253 e. The molecule has 3 aromatic carbocycles. The van der Waals surface area contributed by atoms with Crippen molar-refractivity contribution in [2.24, 2.45) is 0 Å². The summed E-state index contributed by atoms with van der Waals surface area (Å²) in [5, 5.41) is 0.681. The van der Waals surface area contributed by atoms with Gasteiger partial charge in [0.15, 0.2) is 11.5 Å². The van der Waals surface area contributed by atoms with E-state index >= 15 is 0 Å². The minimum Gasteiger partial charge on any atom is -0.489 e. The van der Waals surface area contributed by atoms with E-state index in [-0.39, 0.29) is 11.8 Å². The Hall–Kier alpha value is -3.31. The molecule has 0 aliphatic carbocycles. The number of carbonyl (C=O) groups excluding carboxylic acids is 1. The number of fused-ring (bicyclic) bond motifs is 1. The average molecular weight is 447 g/mol. The van der Waals surface area contributed by atoms with Crippen LogP contribution in [0.25, 0.3) is 11.1 Å². The second-order valence-electron chi connectivity index (χ2n) is 7.99. The quantitative estimate of drug-likeness (QED) is 0.372. The number of piperidine rings is 1. The van der Waals surface area contributed by atoms with E-state index in [1.54, 1.807) is 0 Å². The number of rotatable bonds is 5. The first-order valence-corrected chi connectivity index (χ1v) is 11.2. The molecule has 0 atom stereocenters. The highest BCUT2D eigenvalue weighted by Gasteiger charge is 2.27. The second-order valence-corrected chi connectivity index (χ2v) is 8.40. The number of ether oxygens (including phenoxy) is 1. The van der Waals surface area contributed by atoms with Crippen LogP contribution in [0.4, 0.5) is 0 Å². The Labute approximate surface area is 191 Å². The molecule has 1 fully saturated rings. The first-order valence-electron chi connectivity index (χ1n) is 10.8. The number of benzene rings is 3. The summed E-state index contributed by atoms with van der Waals surface area (Å²) in [5.74, 6) is 1.76. The van der Waals surface area contributed by atoms with Crippen LogP contribution in [0.15, 0.2) is 77.2 Å². The predicted molar refractivity (Wildman–Crippen MR) is 124 cm³/mol. The second kappa shape index (κ2) is 9.05. The fraction of sp³-hybridized carbons (Fsp3) is 0.231. The SMILES string of the molecule is O=C(c1ccc(OCc2ccccc2Cl)cc1)N1CCC(c2nc3ccccc3o2)CC1. The predicted octanol–water partition coefficient (Wildman–Crippen LogP) is 6.08. The molecule has 162 valence electrons. The van der Waals surface area contributed by atoms with Crippen molar-refractivity contribution in [2.75, 3.05) is 13.1 Å². The normalized spacial score (nSPS) is 14.6. The van der Waals surface area contributed by atoms with E-state index in [0.717, 1.165) is 35.4 Å². The summed E-state index contributed by atoms with van der Waals surface area (Å²) in [7, 11) is 0. The first-order chi connectivity index (χ1) is 15.7. The molecular formula is C26H23ClN2O3. The minimum absolute atomic E-state index is 0.0404. The fourth-order valence-corrected chi connectivity index (χ4v) is 4.24. The Morgan fingerprint density at radius 3 is 2.47 bits per heavy atom. The van der Waals surface area contributed by atoms with E-state index in [1.807, 2.05) is 77.7 Å². The van der Waals surface area contributed by atoms with Gasteiger partial charge in [0.05, 0.1) is 0 Å². The summed E-state index contributed by atoms with van der Waals surface area (Å²) < 4.78 is 11.7. The molecule has 0 N–H and O–H groups in total. The zero-order valence-electron chi connectivity index (χ0n) is 17.5. The van der Waals surface area contributed by atoms with E-state index < -0.39 is 0 Å². The monoisotopic (exact) mass is 446 g/mol. The van der Waals surface area contributed by atoms with Crippen molar-refractivity contribution in [1.29, 1.82) is 0 Å². The molecule has 32 heavy (non-hydrogen) atoms. The highest BCUT2D eigenvalue weighted by molar-refractivity contribution is 6.31. The highest BCUT2D eigenvalue weighted by Crippen LogP contribution is 2.30. The third-order valence-electron chi connectivity index (χ3n) is 5.90. The summed E-state index contributed by atoms with van der Waals surface area (Å²) in [4.78, 5) is 19.5.